The summed E-state index contributed by atoms with van der Waals surface area (Å²) in [5.74, 6) is -0.0625. The van der Waals surface area contributed by atoms with Crippen molar-refractivity contribution in [3.8, 4) is 0 Å². The number of nitrogens with one attached hydrogen (secondary N) is 1. The van der Waals surface area contributed by atoms with Crippen molar-refractivity contribution in [2.75, 3.05) is 6.61 Å². The van der Waals surface area contributed by atoms with Crippen LogP contribution in [0.5, 0.6) is 0 Å². The zero-order chi connectivity index (χ0) is 7.84. The molecule has 0 unspecified atom stereocenters. The summed E-state index contributed by atoms with van der Waals surface area (Å²) in [6.45, 7) is 0.556. The lowest BCUT2D eigenvalue weighted by Gasteiger charge is -1.90. The molecule has 1 aromatic heterocycles. The van der Waals surface area contributed by atoms with Crippen LogP contribution >= 0.6 is 0 Å². The lowest BCUT2D eigenvalue weighted by Crippen LogP contribution is -1.91. The average Bonchev–Trinajstić information content (AvgIpc) is 2.68. The highest BCUT2D eigenvalue weighted by molar-refractivity contribution is 5.33. The number of aromatic amines is 1. The minimum Gasteiger partial charge on any atom is -0.368 e. The smallest absolute Gasteiger partial charge is 0.348 e. The Morgan fingerprint density at radius 1 is 1.91 bits per heavy atom. The Morgan fingerprint density at radius 2 is 2.64 bits per heavy atom. The molecule has 1 atom stereocenters. The molecule has 11 heavy (non-hydrogen) atoms. The van der Waals surface area contributed by atoms with E-state index in [-0.39, 0.29) is 11.9 Å². The summed E-state index contributed by atoms with van der Waals surface area (Å²) in [7, 11) is 0. The minimum atomic E-state index is -0.496. The maximum Gasteiger partial charge on any atom is 0.348 e. The van der Waals surface area contributed by atoms with Gasteiger partial charge in [-0.25, -0.2) is 0 Å². The number of epoxide rings is 1. The van der Waals surface area contributed by atoms with Crippen molar-refractivity contribution in [3.05, 3.63) is 21.9 Å². The summed E-state index contributed by atoms with van der Waals surface area (Å²) in [5, 5.41) is 16.1. The molecule has 0 radical (unpaired) electrons. The summed E-state index contributed by atoms with van der Waals surface area (Å²) in [6.07, 6.45) is 1.31. The number of ether oxygens (including phenoxy) is 1. The molecule has 6 heteroatoms. The van der Waals surface area contributed by atoms with E-state index in [1.165, 1.54) is 6.20 Å². The van der Waals surface area contributed by atoms with E-state index in [1.54, 1.807) is 0 Å². The van der Waals surface area contributed by atoms with Gasteiger partial charge in [0, 0.05) is 0 Å². The van der Waals surface area contributed by atoms with Gasteiger partial charge in [-0.3, -0.25) is 0 Å². The van der Waals surface area contributed by atoms with Gasteiger partial charge in [0.1, 0.15) is 11.7 Å². The van der Waals surface area contributed by atoms with Crippen molar-refractivity contribution in [2.45, 2.75) is 6.10 Å². The van der Waals surface area contributed by atoms with E-state index in [4.69, 9.17) is 4.74 Å². The average molecular weight is 155 g/mol. The van der Waals surface area contributed by atoms with Crippen molar-refractivity contribution < 1.29 is 9.66 Å². The van der Waals surface area contributed by atoms with Crippen molar-refractivity contribution in [1.82, 2.24) is 10.2 Å². The zero-order valence-corrected chi connectivity index (χ0v) is 5.48. The van der Waals surface area contributed by atoms with Crippen molar-refractivity contribution in [1.29, 1.82) is 0 Å². The number of aromatic nitrogens is 2. The Bertz CT molecular complexity index is 291. The van der Waals surface area contributed by atoms with Gasteiger partial charge in [-0.1, -0.05) is 5.10 Å². The maximum atomic E-state index is 10.3. The highest BCUT2D eigenvalue weighted by atomic mass is 16.6. The number of H-pyrrole nitrogens is 1. The van der Waals surface area contributed by atoms with E-state index in [9.17, 15) is 10.1 Å². The van der Waals surface area contributed by atoms with Crippen LogP contribution < -0.4 is 0 Å². The van der Waals surface area contributed by atoms with Crippen LogP contribution in [0.4, 0.5) is 5.82 Å². The van der Waals surface area contributed by atoms with E-state index >= 15 is 0 Å². The summed E-state index contributed by atoms with van der Waals surface area (Å²) in [5.41, 5.74) is 0.537. The molecule has 0 saturated carbocycles. The van der Waals surface area contributed by atoms with Crippen LogP contribution in [0.15, 0.2) is 6.20 Å². The van der Waals surface area contributed by atoms with Gasteiger partial charge in [0.2, 0.25) is 0 Å². The molecular formula is C5H5N3O3. The predicted molar refractivity (Wildman–Crippen MR) is 33.9 cm³/mol. The standard InChI is InChI=1S/C5H5N3O3/c9-8(10)5-3(1-6-7-5)4-2-11-4/h1,4H,2H2,(H,6,7)/t4-/m1/s1. The van der Waals surface area contributed by atoms with Gasteiger partial charge in [-0.15, -0.1) is 5.10 Å². The summed E-state index contributed by atoms with van der Waals surface area (Å²) in [4.78, 5) is 9.80. The van der Waals surface area contributed by atoms with Crippen LogP contribution in [0.1, 0.15) is 11.7 Å². The second kappa shape index (κ2) is 2.03. The predicted octanol–water partition coefficient (Wildman–Crippen LogP) is 0.389. The molecule has 0 aromatic carbocycles. The molecule has 1 aliphatic rings. The summed E-state index contributed by atoms with van der Waals surface area (Å²) in [6, 6.07) is 0. The second-order valence-corrected chi connectivity index (χ2v) is 2.25. The molecule has 58 valence electrons. The molecule has 1 aliphatic heterocycles. The fourth-order valence-corrected chi connectivity index (χ4v) is 0.898. The van der Waals surface area contributed by atoms with Gasteiger partial charge in [-0.05, 0) is 4.92 Å². The van der Waals surface area contributed by atoms with E-state index in [1.807, 2.05) is 0 Å². The Kier molecular flexibility index (Phi) is 1.16. The number of rotatable bonds is 2. The van der Waals surface area contributed by atoms with E-state index in [2.05, 4.69) is 10.2 Å². The zero-order valence-electron chi connectivity index (χ0n) is 5.48. The molecule has 2 rings (SSSR count). The molecule has 0 bridgehead atoms. The van der Waals surface area contributed by atoms with Crippen LogP contribution in [0.25, 0.3) is 0 Å². The van der Waals surface area contributed by atoms with Crippen LogP contribution in [-0.4, -0.2) is 21.7 Å². The van der Waals surface area contributed by atoms with Gasteiger partial charge >= 0.3 is 5.82 Å². The first-order chi connectivity index (χ1) is 5.29. The first-order valence-corrected chi connectivity index (χ1v) is 3.08. The van der Waals surface area contributed by atoms with Crippen molar-refractivity contribution in [3.63, 3.8) is 0 Å². The SMILES string of the molecule is O=[N+]([O-])c1[nH]ncc1[C@H]1CO1. The van der Waals surface area contributed by atoms with Crippen LogP contribution in [0.2, 0.25) is 0 Å². The molecular weight excluding hydrogens is 150 g/mol. The van der Waals surface area contributed by atoms with Crippen molar-refractivity contribution >= 4 is 5.82 Å². The molecule has 0 amide bonds. The van der Waals surface area contributed by atoms with Gasteiger partial charge < -0.3 is 14.9 Å². The molecule has 1 N–H and O–H groups in total. The molecule has 2 heterocycles. The fraction of sp³-hybridized carbons (Fsp3) is 0.400. The summed E-state index contributed by atoms with van der Waals surface area (Å²) < 4.78 is 4.88. The quantitative estimate of drug-likeness (QED) is 0.380. The molecule has 1 aromatic rings. The third-order valence-corrected chi connectivity index (χ3v) is 1.51. The third kappa shape index (κ3) is 0.966. The number of nitro groups is 1. The largest absolute Gasteiger partial charge is 0.368 e. The topological polar surface area (TPSA) is 84.3 Å². The highest BCUT2D eigenvalue weighted by Crippen LogP contribution is 2.34. The third-order valence-electron chi connectivity index (χ3n) is 1.51. The molecule has 1 saturated heterocycles. The number of hydrogen-bond donors (Lipinski definition) is 1. The van der Waals surface area contributed by atoms with Crippen molar-refractivity contribution in [2.24, 2.45) is 0 Å². The first-order valence-electron chi connectivity index (χ1n) is 3.08. The highest BCUT2D eigenvalue weighted by Gasteiger charge is 2.33. The fourth-order valence-electron chi connectivity index (χ4n) is 0.898. The van der Waals surface area contributed by atoms with Crippen LogP contribution in [0, 0.1) is 10.1 Å². The van der Waals surface area contributed by atoms with Gasteiger partial charge in [0.15, 0.2) is 0 Å². The monoisotopic (exact) mass is 155 g/mol. The number of hydrogen-bond acceptors (Lipinski definition) is 4. The molecule has 0 aliphatic carbocycles. The normalized spacial score (nSPS) is 21.6. The number of nitrogens with zero attached hydrogens (tertiary/aromatic N) is 2. The van der Waals surface area contributed by atoms with E-state index < -0.39 is 4.92 Å². The van der Waals surface area contributed by atoms with E-state index in [0.717, 1.165) is 0 Å². The lowest BCUT2D eigenvalue weighted by molar-refractivity contribution is -0.390. The Hall–Kier alpha value is -1.43. The second-order valence-electron chi connectivity index (χ2n) is 2.25. The molecule has 6 nitrogen and oxygen atoms in total. The lowest BCUT2D eigenvalue weighted by atomic mass is 10.2. The Labute approximate surface area is 61.3 Å². The van der Waals surface area contributed by atoms with Gasteiger partial charge in [0.05, 0.1) is 12.8 Å². The van der Waals surface area contributed by atoms with Crippen LogP contribution in [0.3, 0.4) is 0 Å². The summed E-state index contributed by atoms with van der Waals surface area (Å²) >= 11 is 0. The van der Waals surface area contributed by atoms with Gasteiger partial charge in [0.25, 0.3) is 0 Å². The maximum absolute atomic E-state index is 10.3. The Balaban J connectivity index is 2.37. The minimum absolute atomic E-state index is 0.0625. The first kappa shape index (κ1) is 6.29. The van der Waals surface area contributed by atoms with Crippen LogP contribution in [-0.2, 0) is 4.74 Å². The van der Waals surface area contributed by atoms with Gasteiger partial charge in [-0.2, -0.15) is 0 Å². The van der Waals surface area contributed by atoms with E-state index in [0.29, 0.717) is 12.2 Å². The molecule has 0 spiro atoms. The Morgan fingerprint density at radius 3 is 3.18 bits per heavy atom. The molecule has 1 fully saturated rings.